The highest BCUT2D eigenvalue weighted by Gasteiger charge is 2.14. The van der Waals surface area contributed by atoms with Gasteiger partial charge in [0, 0.05) is 10.7 Å². The van der Waals surface area contributed by atoms with Gasteiger partial charge >= 0.3 is 0 Å². The van der Waals surface area contributed by atoms with Gasteiger partial charge in [0.1, 0.15) is 4.90 Å². The van der Waals surface area contributed by atoms with E-state index in [1.54, 1.807) is 12.1 Å². The molecule has 0 spiro atoms. The van der Waals surface area contributed by atoms with Gasteiger partial charge < -0.3 is 0 Å². The summed E-state index contributed by atoms with van der Waals surface area (Å²) in [7, 11) is 1.46. The highest BCUT2D eigenvalue weighted by atomic mass is 35.7. The van der Waals surface area contributed by atoms with E-state index in [-0.39, 0.29) is 9.92 Å². The van der Waals surface area contributed by atoms with E-state index in [1.165, 1.54) is 6.07 Å². The Labute approximate surface area is 93.3 Å². The van der Waals surface area contributed by atoms with Crippen LogP contribution < -0.4 is 0 Å². The zero-order chi connectivity index (χ0) is 10.8. The van der Waals surface area contributed by atoms with E-state index in [1.807, 2.05) is 6.92 Å². The van der Waals surface area contributed by atoms with Crippen molar-refractivity contribution in [1.82, 2.24) is 0 Å². The minimum atomic E-state index is -3.72. The second kappa shape index (κ2) is 4.51. The highest BCUT2D eigenvalue weighted by Crippen LogP contribution is 2.25. The fraction of sp³-hybridized carbons (Fsp3) is 0.333. The molecular formula is C9H10Cl2O2S. The summed E-state index contributed by atoms with van der Waals surface area (Å²) in [5.74, 6) is 0. The van der Waals surface area contributed by atoms with Crippen LogP contribution in [0.2, 0.25) is 5.02 Å². The van der Waals surface area contributed by atoms with Crippen molar-refractivity contribution in [2.45, 2.75) is 24.7 Å². The summed E-state index contributed by atoms with van der Waals surface area (Å²) in [6.45, 7) is 2.04. The number of rotatable bonds is 3. The SMILES string of the molecule is CCCc1ccc(S(=O)(=O)Cl)c(Cl)c1. The van der Waals surface area contributed by atoms with Crippen LogP contribution in [0.25, 0.3) is 0 Å². The van der Waals surface area contributed by atoms with E-state index >= 15 is 0 Å². The third kappa shape index (κ3) is 2.87. The molecule has 0 N–H and O–H groups in total. The lowest BCUT2D eigenvalue weighted by Gasteiger charge is -2.03. The molecule has 1 aromatic carbocycles. The molecule has 0 fully saturated rings. The maximum Gasteiger partial charge on any atom is 0.262 e. The number of hydrogen-bond acceptors (Lipinski definition) is 2. The first-order valence-corrected chi connectivity index (χ1v) is 6.87. The third-order valence-electron chi connectivity index (χ3n) is 1.80. The van der Waals surface area contributed by atoms with Gasteiger partial charge in [0.2, 0.25) is 0 Å². The number of hydrogen-bond donors (Lipinski definition) is 0. The average molecular weight is 253 g/mol. The van der Waals surface area contributed by atoms with Crippen LogP contribution in [-0.2, 0) is 15.5 Å². The summed E-state index contributed by atoms with van der Waals surface area (Å²) >= 11 is 5.79. The zero-order valence-corrected chi connectivity index (χ0v) is 9.96. The molecule has 0 radical (unpaired) electrons. The molecule has 78 valence electrons. The maximum absolute atomic E-state index is 11.0. The third-order valence-corrected chi connectivity index (χ3v) is 3.60. The first kappa shape index (κ1) is 11.8. The second-order valence-electron chi connectivity index (χ2n) is 2.95. The van der Waals surface area contributed by atoms with Gasteiger partial charge in [-0.25, -0.2) is 8.42 Å². The molecule has 0 aliphatic carbocycles. The Morgan fingerprint density at radius 3 is 2.43 bits per heavy atom. The van der Waals surface area contributed by atoms with Crippen molar-refractivity contribution in [3.63, 3.8) is 0 Å². The largest absolute Gasteiger partial charge is 0.262 e. The molecule has 0 saturated carbocycles. The van der Waals surface area contributed by atoms with Crippen molar-refractivity contribution >= 4 is 31.3 Å². The van der Waals surface area contributed by atoms with Crippen LogP contribution in [0.3, 0.4) is 0 Å². The van der Waals surface area contributed by atoms with Crippen molar-refractivity contribution in [3.8, 4) is 0 Å². The summed E-state index contributed by atoms with van der Waals surface area (Å²) in [6, 6.07) is 4.81. The molecule has 0 atom stereocenters. The molecule has 1 aromatic rings. The molecular weight excluding hydrogens is 243 g/mol. The summed E-state index contributed by atoms with van der Waals surface area (Å²) in [4.78, 5) is -0.0271. The quantitative estimate of drug-likeness (QED) is 0.775. The summed E-state index contributed by atoms with van der Waals surface area (Å²) in [6.07, 6.45) is 1.87. The molecule has 0 aliphatic rings. The predicted octanol–water partition coefficient (Wildman–Crippen LogP) is 3.22. The minimum Gasteiger partial charge on any atom is -0.207 e. The summed E-state index contributed by atoms with van der Waals surface area (Å²) < 4.78 is 22.0. The fourth-order valence-electron chi connectivity index (χ4n) is 1.19. The van der Waals surface area contributed by atoms with Gasteiger partial charge in [-0.2, -0.15) is 0 Å². The van der Waals surface area contributed by atoms with Crippen LogP contribution in [0.1, 0.15) is 18.9 Å². The van der Waals surface area contributed by atoms with Crippen molar-refractivity contribution in [2.75, 3.05) is 0 Å². The van der Waals surface area contributed by atoms with Crippen molar-refractivity contribution in [1.29, 1.82) is 0 Å². The fourth-order valence-corrected chi connectivity index (χ4v) is 2.74. The molecule has 0 saturated heterocycles. The van der Waals surface area contributed by atoms with Crippen LogP contribution in [0.15, 0.2) is 23.1 Å². The standard InChI is InChI=1S/C9H10Cl2O2S/c1-2-3-7-4-5-9(8(10)6-7)14(11,12)13/h4-6H,2-3H2,1H3. The van der Waals surface area contributed by atoms with Crippen LogP contribution in [-0.4, -0.2) is 8.42 Å². The highest BCUT2D eigenvalue weighted by molar-refractivity contribution is 8.13. The predicted molar refractivity (Wildman–Crippen MR) is 58.5 cm³/mol. The average Bonchev–Trinajstić information content (AvgIpc) is 2.02. The minimum absolute atomic E-state index is 0.0271. The Kier molecular flexibility index (Phi) is 3.81. The lowest BCUT2D eigenvalue weighted by Crippen LogP contribution is -1.93. The molecule has 5 heteroatoms. The molecule has 0 aliphatic heterocycles. The van der Waals surface area contributed by atoms with Crippen LogP contribution in [0.4, 0.5) is 0 Å². The number of aryl methyl sites for hydroxylation is 1. The molecule has 0 aromatic heterocycles. The Hall–Kier alpha value is -0.250. The van der Waals surface area contributed by atoms with Gasteiger partial charge in [-0.15, -0.1) is 0 Å². The van der Waals surface area contributed by atoms with Crippen LogP contribution in [0, 0.1) is 0 Å². The van der Waals surface area contributed by atoms with Crippen LogP contribution in [0.5, 0.6) is 0 Å². The lowest BCUT2D eigenvalue weighted by atomic mass is 10.1. The molecule has 0 unspecified atom stereocenters. The number of benzene rings is 1. The monoisotopic (exact) mass is 252 g/mol. The zero-order valence-electron chi connectivity index (χ0n) is 7.63. The molecule has 14 heavy (non-hydrogen) atoms. The number of halogens is 2. The first-order valence-electron chi connectivity index (χ1n) is 4.18. The van der Waals surface area contributed by atoms with Gasteiger partial charge in [0.05, 0.1) is 5.02 Å². The van der Waals surface area contributed by atoms with Crippen molar-refractivity contribution in [3.05, 3.63) is 28.8 Å². The van der Waals surface area contributed by atoms with Gasteiger partial charge in [-0.05, 0) is 24.1 Å². The van der Waals surface area contributed by atoms with Gasteiger partial charge in [0.25, 0.3) is 9.05 Å². The Morgan fingerprint density at radius 1 is 1.36 bits per heavy atom. The second-order valence-corrected chi connectivity index (χ2v) is 5.89. The van der Waals surface area contributed by atoms with E-state index in [0.717, 1.165) is 18.4 Å². The molecule has 2 nitrogen and oxygen atoms in total. The van der Waals surface area contributed by atoms with E-state index in [9.17, 15) is 8.42 Å². The molecule has 0 bridgehead atoms. The van der Waals surface area contributed by atoms with Gasteiger partial charge in [0.15, 0.2) is 0 Å². The Bertz CT molecular complexity index is 426. The molecule has 0 heterocycles. The van der Waals surface area contributed by atoms with E-state index in [2.05, 4.69) is 0 Å². The molecule has 1 rings (SSSR count). The van der Waals surface area contributed by atoms with Crippen molar-refractivity contribution < 1.29 is 8.42 Å². The molecule has 0 amide bonds. The first-order chi connectivity index (χ1) is 6.45. The van der Waals surface area contributed by atoms with E-state index in [0.29, 0.717) is 0 Å². The topological polar surface area (TPSA) is 34.1 Å². The normalized spacial score (nSPS) is 11.6. The smallest absolute Gasteiger partial charge is 0.207 e. The van der Waals surface area contributed by atoms with E-state index in [4.69, 9.17) is 22.3 Å². The lowest BCUT2D eigenvalue weighted by molar-refractivity contribution is 0.609. The maximum atomic E-state index is 11.0. The van der Waals surface area contributed by atoms with E-state index < -0.39 is 9.05 Å². The van der Waals surface area contributed by atoms with Gasteiger partial charge in [-0.3, -0.25) is 0 Å². The van der Waals surface area contributed by atoms with Crippen molar-refractivity contribution in [2.24, 2.45) is 0 Å². The van der Waals surface area contributed by atoms with Crippen LogP contribution >= 0.6 is 22.3 Å². The summed E-state index contributed by atoms with van der Waals surface area (Å²) in [5, 5.41) is 0.186. The summed E-state index contributed by atoms with van der Waals surface area (Å²) in [5.41, 5.74) is 1.02. The van der Waals surface area contributed by atoms with Gasteiger partial charge in [-0.1, -0.05) is 31.0 Å². The Morgan fingerprint density at radius 2 is 2.00 bits per heavy atom. The Balaban J connectivity index is 3.15.